The number of ether oxygens (including phenoxy) is 2. The number of halogens is 1. The Morgan fingerprint density at radius 1 is 1.21 bits per heavy atom. The minimum atomic E-state index is -3.64. The molecule has 9 heteroatoms. The lowest BCUT2D eigenvalue weighted by Crippen LogP contribution is -2.40. The quantitative estimate of drug-likeness (QED) is 0.770. The van der Waals surface area contributed by atoms with Crippen molar-refractivity contribution in [3.8, 4) is 5.75 Å². The van der Waals surface area contributed by atoms with Gasteiger partial charge in [-0.1, -0.05) is 29.8 Å². The van der Waals surface area contributed by atoms with Gasteiger partial charge in [0.15, 0.2) is 6.61 Å². The van der Waals surface area contributed by atoms with Gasteiger partial charge in [0.05, 0.1) is 23.1 Å². The van der Waals surface area contributed by atoms with Gasteiger partial charge in [-0.25, -0.2) is 8.42 Å². The Bertz CT molecular complexity index is 959. The first kappa shape index (κ1) is 20.6. The SMILES string of the molecule is Cc1ccc(S(=O)(=O)N2CCOCC2)cc1NC(=O)COc1ccccc1Cl. The summed E-state index contributed by atoms with van der Waals surface area (Å²) in [6.07, 6.45) is 0. The molecule has 0 saturated carbocycles. The van der Waals surface area contributed by atoms with Gasteiger partial charge in [-0.05, 0) is 36.8 Å². The average Bonchev–Trinajstić information content (AvgIpc) is 2.69. The van der Waals surface area contributed by atoms with Crippen LogP contribution < -0.4 is 10.1 Å². The first-order valence-electron chi connectivity index (χ1n) is 8.73. The maximum atomic E-state index is 12.8. The molecule has 0 spiro atoms. The molecule has 1 fully saturated rings. The first-order chi connectivity index (χ1) is 13.4. The van der Waals surface area contributed by atoms with Gasteiger partial charge in [-0.3, -0.25) is 4.79 Å². The topological polar surface area (TPSA) is 84.9 Å². The van der Waals surface area contributed by atoms with Crippen molar-refractivity contribution in [2.24, 2.45) is 0 Å². The van der Waals surface area contributed by atoms with Crippen LogP contribution in [-0.4, -0.2) is 51.5 Å². The minimum Gasteiger partial charge on any atom is -0.482 e. The molecule has 1 amide bonds. The second-order valence-electron chi connectivity index (χ2n) is 6.26. The van der Waals surface area contributed by atoms with Gasteiger partial charge in [0, 0.05) is 18.8 Å². The van der Waals surface area contributed by atoms with Crippen molar-refractivity contribution in [1.82, 2.24) is 4.31 Å². The number of amides is 1. The second kappa shape index (κ2) is 8.91. The number of carbonyl (C=O) groups excluding carboxylic acids is 1. The first-order valence-corrected chi connectivity index (χ1v) is 10.6. The van der Waals surface area contributed by atoms with Gasteiger partial charge >= 0.3 is 0 Å². The Labute approximate surface area is 169 Å². The molecule has 0 aromatic heterocycles. The zero-order valence-electron chi connectivity index (χ0n) is 15.4. The minimum absolute atomic E-state index is 0.127. The molecule has 0 atom stereocenters. The lowest BCUT2D eigenvalue weighted by atomic mass is 10.2. The van der Waals surface area contributed by atoms with E-state index < -0.39 is 15.9 Å². The maximum absolute atomic E-state index is 12.8. The fourth-order valence-corrected chi connectivity index (χ4v) is 4.35. The normalized spacial score (nSPS) is 15.2. The largest absolute Gasteiger partial charge is 0.482 e. The highest BCUT2D eigenvalue weighted by molar-refractivity contribution is 7.89. The number of para-hydroxylation sites is 1. The molecule has 1 heterocycles. The number of benzene rings is 2. The molecule has 0 radical (unpaired) electrons. The third-order valence-corrected chi connectivity index (χ3v) is 6.49. The van der Waals surface area contributed by atoms with Crippen LogP contribution in [0, 0.1) is 6.92 Å². The van der Waals surface area contributed by atoms with Crippen LogP contribution in [0.15, 0.2) is 47.4 Å². The maximum Gasteiger partial charge on any atom is 0.262 e. The Kier molecular flexibility index (Phi) is 6.56. The average molecular weight is 425 g/mol. The van der Waals surface area contributed by atoms with E-state index in [2.05, 4.69) is 5.32 Å². The van der Waals surface area contributed by atoms with E-state index in [1.54, 1.807) is 37.3 Å². The van der Waals surface area contributed by atoms with Crippen LogP contribution in [0.1, 0.15) is 5.56 Å². The van der Waals surface area contributed by atoms with E-state index in [4.69, 9.17) is 21.1 Å². The van der Waals surface area contributed by atoms with Crippen LogP contribution in [0.5, 0.6) is 5.75 Å². The van der Waals surface area contributed by atoms with Crippen LogP contribution in [-0.2, 0) is 19.6 Å². The van der Waals surface area contributed by atoms with E-state index in [0.29, 0.717) is 42.8 Å². The Morgan fingerprint density at radius 3 is 2.64 bits per heavy atom. The predicted molar refractivity (Wildman–Crippen MR) is 106 cm³/mol. The predicted octanol–water partition coefficient (Wildman–Crippen LogP) is 2.69. The number of hydrogen-bond donors (Lipinski definition) is 1. The highest BCUT2D eigenvalue weighted by atomic mass is 35.5. The number of carbonyl (C=O) groups is 1. The van der Waals surface area contributed by atoms with Crippen molar-refractivity contribution in [1.29, 1.82) is 0 Å². The Balaban J connectivity index is 1.71. The molecule has 7 nitrogen and oxygen atoms in total. The van der Waals surface area contributed by atoms with Crippen LogP contribution in [0.4, 0.5) is 5.69 Å². The molecular formula is C19H21ClN2O5S. The van der Waals surface area contributed by atoms with Crippen molar-refractivity contribution >= 4 is 33.2 Å². The zero-order valence-corrected chi connectivity index (χ0v) is 16.9. The van der Waals surface area contributed by atoms with E-state index in [0.717, 1.165) is 5.56 Å². The molecule has 1 saturated heterocycles. The third kappa shape index (κ3) is 4.82. The van der Waals surface area contributed by atoms with Crippen molar-refractivity contribution in [3.05, 3.63) is 53.1 Å². The fourth-order valence-electron chi connectivity index (χ4n) is 2.72. The third-order valence-electron chi connectivity index (χ3n) is 4.29. The molecule has 150 valence electrons. The van der Waals surface area contributed by atoms with Gasteiger partial charge in [0.25, 0.3) is 5.91 Å². The van der Waals surface area contributed by atoms with Crippen molar-refractivity contribution in [2.75, 3.05) is 38.2 Å². The van der Waals surface area contributed by atoms with E-state index in [1.807, 2.05) is 0 Å². The van der Waals surface area contributed by atoms with Crippen LogP contribution in [0.25, 0.3) is 0 Å². The molecule has 1 N–H and O–H groups in total. The van der Waals surface area contributed by atoms with Crippen LogP contribution in [0.3, 0.4) is 0 Å². The monoisotopic (exact) mass is 424 g/mol. The number of rotatable bonds is 6. The number of morpholine rings is 1. The van der Waals surface area contributed by atoms with Gasteiger partial charge in [0.2, 0.25) is 10.0 Å². The molecule has 1 aliphatic heterocycles. The van der Waals surface area contributed by atoms with Gasteiger partial charge in [-0.15, -0.1) is 0 Å². The summed E-state index contributed by atoms with van der Waals surface area (Å²) in [6.45, 7) is 2.90. The fraction of sp³-hybridized carbons (Fsp3) is 0.316. The van der Waals surface area contributed by atoms with Gasteiger partial charge < -0.3 is 14.8 Å². The van der Waals surface area contributed by atoms with Gasteiger partial charge in [-0.2, -0.15) is 4.31 Å². The summed E-state index contributed by atoms with van der Waals surface area (Å²) >= 11 is 6.00. The molecule has 1 aliphatic rings. The summed E-state index contributed by atoms with van der Waals surface area (Å²) < 4.78 is 37.6. The molecule has 3 rings (SSSR count). The highest BCUT2D eigenvalue weighted by Crippen LogP contribution is 2.25. The molecule has 0 unspecified atom stereocenters. The molecule has 28 heavy (non-hydrogen) atoms. The number of aryl methyl sites for hydroxylation is 1. The van der Waals surface area contributed by atoms with Crippen LogP contribution >= 0.6 is 11.6 Å². The second-order valence-corrected chi connectivity index (χ2v) is 8.61. The lowest BCUT2D eigenvalue weighted by Gasteiger charge is -2.26. The highest BCUT2D eigenvalue weighted by Gasteiger charge is 2.26. The number of sulfonamides is 1. The molecular weight excluding hydrogens is 404 g/mol. The molecule has 0 bridgehead atoms. The van der Waals surface area contributed by atoms with Gasteiger partial charge in [0.1, 0.15) is 5.75 Å². The number of anilines is 1. The Hall–Kier alpha value is -2.13. The zero-order chi connectivity index (χ0) is 20.1. The standard InChI is InChI=1S/C19H21ClN2O5S/c1-14-6-7-15(28(24,25)22-8-10-26-11-9-22)12-17(14)21-19(23)13-27-18-5-3-2-4-16(18)20/h2-7,12H,8-11,13H2,1H3,(H,21,23). The van der Waals surface area contributed by atoms with Crippen LogP contribution in [0.2, 0.25) is 5.02 Å². The molecule has 2 aromatic carbocycles. The van der Waals surface area contributed by atoms with E-state index in [9.17, 15) is 13.2 Å². The number of hydrogen-bond acceptors (Lipinski definition) is 5. The van der Waals surface area contributed by atoms with Crippen molar-refractivity contribution in [2.45, 2.75) is 11.8 Å². The molecule has 2 aromatic rings. The summed E-state index contributed by atoms with van der Waals surface area (Å²) in [5.74, 6) is -0.0105. The molecule has 0 aliphatic carbocycles. The van der Waals surface area contributed by atoms with E-state index >= 15 is 0 Å². The van der Waals surface area contributed by atoms with Crippen molar-refractivity contribution < 1.29 is 22.7 Å². The van der Waals surface area contributed by atoms with E-state index in [1.165, 1.54) is 16.4 Å². The number of nitrogens with one attached hydrogen (secondary N) is 1. The van der Waals surface area contributed by atoms with E-state index in [-0.39, 0.29) is 11.5 Å². The summed E-state index contributed by atoms with van der Waals surface area (Å²) in [7, 11) is -3.64. The summed E-state index contributed by atoms with van der Waals surface area (Å²) in [5, 5.41) is 3.11. The summed E-state index contributed by atoms with van der Waals surface area (Å²) in [6, 6.07) is 11.5. The summed E-state index contributed by atoms with van der Waals surface area (Å²) in [5.41, 5.74) is 1.16. The lowest BCUT2D eigenvalue weighted by molar-refractivity contribution is -0.118. The summed E-state index contributed by atoms with van der Waals surface area (Å²) in [4.78, 5) is 12.4. The Morgan fingerprint density at radius 2 is 1.93 bits per heavy atom. The smallest absolute Gasteiger partial charge is 0.262 e. The number of nitrogens with zero attached hydrogens (tertiary/aromatic N) is 1. The van der Waals surface area contributed by atoms with Crippen molar-refractivity contribution in [3.63, 3.8) is 0 Å².